The summed E-state index contributed by atoms with van der Waals surface area (Å²) >= 11 is 0. The van der Waals surface area contributed by atoms with Crippen LogP contribution in [-0.2, 0) is 6.54 Å². The van der Waals surface area contributed by atoms with Gasteiger partial charge >= 0.3 is 0 Å². The highest BCUT2D eigenvalue weighted by Crippen LogP contribution is 2.40. The lowest BCUT2D eigenvalue weighted by Crippen LogP contribution is -2.44. The second-order valence-electron chi connectivity index (χ2n) is 8.58. The SMILES string of the molecule is CC(C)c1ccc(N2CC[C@]3(CCCN(Cc4ccc(F)cc4)C3)C2)nn1. The molecule has 2 aromatic rings. The molecule has 2 fully saturated rings. The van der Waals surface area contributed by atoms with Gasteiger partial charge in [0.15, 0.2) is 5.82 Å². The number of benzene rings is 1. The maximum absolute atomic E-state index is 13.1. The molecule has 4 nitrogen and oxygen atoms in total. The molecule has 2 aliphatic heterocycles. The van der Waals surface area contributed by atoms with Gasteiger partial charge in [0.05, 0.1) is 5.69 Å². The van der Waals surface area contributed by atoms with E-state index in [2.05, 4.69) is 46.0 Å². The second-order valence-corrected chi connectivity index (χ2v) is 8.58. The molecule has 27 heavy (non-hydrogen) atoms. The Morgan fingerprint density at radius 3 is 2.52 bits per heavy atom. The molecule has 1 atom stereocenters. The van der Waals surface area contributed by atoms with E-state index in [0.29, 0.717) is 11.3 Å². The maximum atomic E-state index is 13.1. The first-order chi connectivity index (χ1) is 13.0. The minimum absolute atomic E-state index is 0.162. The van der Waals surface area contributed by atoms with Crippen molar-refractivity contribution in [1.82, 2.24) is 15.1 Å². The number of halogens is 1. The van der Waals surface area contributed by atoms with Gasteiger partial charge in [-0.2, -0.15) is 5.10 Å². The predicted octanol–water partition coefficient (Wildman–Crippen LogP) is 4.23. The second kappa shape index (κ2) is 7.55. The molecular weight excluding hydrogens is 339 g/mol. The quantitative estimate of drug-likeness (QED) is 0.808. The van der Waals surface area contributed by atoms with Gasteiger partial charge in [-0.3, -0.25) is 4.90 Å². The largest absolute Gasteiger partial charge is 0.355 e. The zero-order chi connectivity index (χ0) is 18.9. The molecule has 144 valence electrons. The normalized spacial score (nSPS) is 23.5. The average Bonchev–Trinajstić information content (AvgIpc) is 3.07. The van der Waals surface area contributed by atoms with Crippen molar-refractivity contribution in [2.45, 2.75) is 45.6 Å². The van der Waals surface area contributed by atoms with E-state index in [1.807, 2.05) is 12.1 Å². The Kier molecular flexibility index (Phi) is 5.13. The van der Waals surface area contributed by atoms with Crippen molar-refractivity contribution < 1.29 is 4.39 Å². The van der Waals surface area contributed by atoms with E-state index >= 15 is 0 Å². The molecule has 0 unspecified atom stereocenters. The van der Waals surface area contributed by atoms with Crippen LogP contribution in [0.15, 0.2) is 36.4 Å². The van der Waals surface area contributed by atoms with E-state index in [9.17, 15) is 4.39 Å². The van der Waals surface area contributed by atoms with Crippen molar-refractivity contribution in [3.8, 4) is 0 Å². The van der Waals surface area contributed by atoms with Crippen molar-refractivity contribution in [3.63, 3.8) is 0 Å². The van der Waals surface area contributed by atoms with Crippen LogP contribution in [0.2, 0.25) is 0 Å². The number of hydrogen-bond acceptors (Lipinski definition) is 4. The van der Waals surface area contributed by atoms with Gasteiger partial charge in [0.1, 0.15) is 5.82 Å². The van der Waals surface area contributed by atoms with Crippen LogP contribution in [-0.4, -0.2) is 41.3 Å². The van der Waals surface area contributed by atoms with Crippen LogP contribution in [0.1, 0.15) is 50.3 Å². The zero-order valence-corrected chi connectivity index (χ0v) is 16.4. The number of likely N-dealkylation sites (tertiary alicyclic amines) is 1. The van der Waals surface area contributed by atoms with Gasteiger partial charge in [-0.1, -0.05) is 26.0 Å². The van der Waals surface area contributed by atoms with Gasteiger partial charge in [0.2, 0.25) is 0 Å². The fourth-order valence-electron chi connectivity index (χ4n) is 4.57. The minimum Gasteiger partial charge on any atom is -0.355 e. The molecule has 0 aliphatic carbocycles. The lowest BCUT2D eigenvalue weighted by Gasteiger charge is -2.40. The summed E-state index contributed by atoms with van der Waals surface area (Å²) in [6, 6.07) is 11.2. The molecule has 0 N–H and O–H groups in total. The Morgan fingerprint density at radius 2 is 1.81 bits per heavy atom. The third kappa shape index (κ3) is 4.13. The molecule has 5 heteroatoms. The number of rotatable bonds is 4. The highest BCUT2D eigenvalue weighted by Gasteiger charge is 2.41. The van der Waals surface area contributed by atoms with Crippen LogP contribution < -0.4 is 4.90 Å². The lowest BCUT2D eigenvalue weighted by atomic mass is 9.79. The summed E-state index contributed by atoms with van der Waals surface area (Å²) in [5.41, 5.74) is 2.59. The smallest absolute Gasteiger partial charge is 0.151 e. The average molecular weight is 369 g/mol. The number of hydrogen-bond donors (Lipinski definition) is 0. The fourth-order valence-corrected chi connectivity index (χ4v) is 4.57. The van der Waals surface area contributed by atoms with E-state index in [-0.39, 0.29) is 5.82 Å². The van der Waals surface area contributed by atoms with Crippen molar-refractivity contribution in [1.29, 1.82) is 0 Å². The molecule has 0 bridgehead atoms. The molecule has 4 rings (SSSR count). The van der Waals surface area contributed by atoms with E-state index < -0.39 is 0 Å². The maximum Gasteiger partial charge on any atom is 0.151 e. The van der Waals surface area contributed by atoms with Crippen LogP contribution in [0.4, 0.5) is 10.2 Å². The van der Waals surface area contributed by atoms with Gasteiger partial charge in [0, 0.05) is 31.6 Å². The Morgan fingerprint density at radius 1 is 1.00 bits per heavy atom. The number of piperidine rings is 1. The summed E-state index contributed by atoms with van der Waals surface area (Å²) in [4.78, 5) is 4.94. The molecule has 2 saturated heterocycles. The van der Waals surface area contributed by atoms with Crippen molar-refractivity contribution in [3.05, 3.63) is 53.5 Å². The predicted molar refractivity (Wildman–Crippen MR) is 106 cm³/mol. The summed E-state index contributed by atoms with van der Waals surface area (Å²) < 4.78 is 13.1. The molecule has 0 saturated carbocycles. The number of anilines is 1. The molecule has 1 spiro atoms. The van der Waals surface area contributed by atoms with E-state index in [4.69, 9.17) is 0 Å². The molecule has 1 aromatic carbocycles. The zero-order valence-electron chi connectivity index (χ0n) is 16.4. The molecular formula is C22H29FN4. The van der Waals surface area contributed by atoms with E-state index in [0.717, 1.165) is 44.2 Å². The highest BCUT2D eigenvalue weighted by molar-refractivity contribution is 5.40. The standard InChI is InChI=1S/C22H29FN4/c1-17(2)20-8-9-21(25-24-20)27-13-11-22(16-27)10-3-12-26(15-22)14-18-4-6-19(23)7-5-18/h4-9,17H,3,10-16H2,1-2H3/t22-/m0/s1. The lowest BCUT2D eigenvalue weighted by molar-refractivity contribution is 0.0991. The number of aromatic nitrogens is 2. The topological polar surface area (TPSA) is 32.3 Å². The first kappa shape index (κ1) is 18.4. The third-order valence-corrected chi connectivity index (χ3v) is 6.08. The van der Waals surface area contributed by atoms with Gasteiger partial charge in [-0.25, -0.2) is 4.39 Å². The van der Waals surface area contributed by atoms with Gasteiger partial charge in [0.25, 0.3) is 0 Å². The monoisotopic (exact) mass is 368 g/mol. The van der Waals surface area contributed by atoms with Crippen molar-refractivity contribution >= 4 is 5.82 Å². The van der Waals surface area contributed by atoms with Gasteiger partial charge < -0.3 is 4.90 Å². The van der Waals surface area contributed by atoms with Gasteiger partial charge in [-0.05, 0) is 61.6 Å². The Labute approximate surface area is 161 Å². The first-order valence-electron chi connectivity index (χ1n) is 10.1. The van der Waals surface area contributed by atoms with Crippen LogP contribution in [0.25, 0.3) is 0 Å². The molecule has 1 aromatic heterocycles. The summed E-state index contributed by atoms with van der Waals surface area (Å²) in [6.07, 6.45) is 3.72. The summed E-state index contributed by atoms with van der Waals surface area (Å²) in [6.45, 7) is 9.55. The molecule has 0 amide bonds. The van der Waals surface area contributed by atoms with Crippen molar-refractivity contribution in [2.24, 2.45) is 5.41 Å². The molecule has 0 radical (unpaired) electrons. The molecule has 3 heterocycles. The van der Waals surface area contributed by atoms with Gasteiger partial charge in [-0.15, -0.1) is 5.10 Å². The Bertz CT molecular complexity index is 759. The third-order valence-electron chi connectivity index (χ3n) is 6.08. The number of nitrogens with zero attached hydrogens (tertiary/aromatic N) is 4. The van der Waals surface area contributed by atoms with E-state index in [1.54, 1.807) is 12.1 Å². The Hall–Kier alpha value is -2.01. The van der Waals surface area contributed by atoms with Crippen LogP contribution in [0, 0.1) is 11.2 Å². The van der Waals surface area contributed by atoms with Crippen LogP contribution >= 0.6 is 0 Å². The van der Waals surface area contributed by atoms with E-state index in [1.165, 1.54) is 24.8 Å². The minimum atomic E-state index is -0.162. The summed E-state index contributed by atoms with van der Waals surface area (Å²) in [5, 5.41) is 8.88. The highest BCUT2D eigenvalue weighted by atomic mass is 19.1. The molecule has 2 aliphatic rings. The van der Waals surface area contributed by atoms with Crippen LogP contribution in [0.5, 0.6) is 0 Å². The Balaban J connectivity index is 1.40. The fraction of sp³-hybridized carbons (Fsp3) is 0.545. The first-order valence-corrected chi connectivity index (χ1v) is 10.1. The van der Waals surface area contributed by atoms with Crippen LogP contribution in [0.3, 0.4) is 0 Å². The summed E-state index contributed by atoms with van der Waals surface area (Å²) in [5.74, 6) is 1.26. The van der Waals surface area contributed by atoms with Crippen molar-refractivity contribution in [2.75, 3.05) is 31.1 Å². The summed E-state index contributed by atoms with van der Waals surface area (Å²) in [7, 11) is 0.